The fraction of sp³-hybridized carbons (Fsp3) is 0.0625. The van der Waals surface area contributed by atoms with Gasteiger partial charge < -0.3 is 5.11 Å². The summed E-state index contributed by atoms with van der Waals surface area (Å²) in [6.45, 7) is 1.87. The fourth-order valence-corrected chi connectivity index (χ4v) is 4.07. The van der Waals surface area contributed by atoms with Gasteiger partial charge in [0.25, 0.3) is 10.0 Å². The summed E-state index contributed by atoms with van der Waals surface area (Å²) in [5, 5.41) is 9.41. The molecule has 0 bridgehead atoms. The van der Waals surface area contributed by atoms with Gasteiger partial charge in [-0.15, -0.1) is 0 Å². The molecule has 3 heterocycles. The highest BCUT2D eigenvalue weighted by atomic mass is 32.2. The van der Waals surface area contributed by atoms with E-state index in [0.29, 0.717) is 16.4 Å². The minimum absolute atomic E-state index is 0.139. The second-order valence-corrected chi connectivity index (χ2v) is 7.51. The molecule has 9 nitrogen and oxygen atoms in total. The van der Waals surface area contributed by atoms with Gasteiger partial charge in [0.05, 0.1) is 11.1 Å². The normalized spacial score (nSPS) is 11.9. The number of carboxylic acid groups (broad SMARTS) is 1. The number of aromatic nitrogens is 4. The van der Waals surface area contributed by atoms with E-state index in [1.807, 2.05) is 6.92 Å². The van der Waals surface area contributed by atoms with E-state index in [0.717, 1.165) is 9.54 Å². The topological polar surface area (TPSA) is 119 Å². The van der Waals surface area contributed by atoms with Crippen molar-refractivity contribution in [2.24, 2.45) is 0 Å². The number of amides is 1. The van der Waals surface area contributed by atoms with Crippen molar-refractivity contribution in [1.82, 2.24) is 18.6 Å². The zero-order valence-corrected chi connectivity index (χ0v) is 14.3. The fourth-order valence-electron chi connectivity index (χ4n) is 2.77. The van der Waals surface area contributed by atoms with Crippen LogP contribution in [0.2, 0.25) is 0 Å². The van der Waals surface area contributed by atoms with Gasteiger partial charge in [-0.25, -0.2) is 37.3 Å². The molecule has 132 valence electrons. The second kappa shape index (κ2) is 5.56. The van der Waals surface area contributed by atoms with Crippen molar-refractivity contribution in [3.05, 3.63) is 54.6 Å². The Morgan fingerprint density at radius 1 is 1.15 bits per heavy atom. The van der Waals surface area contributed by atoms with Crippen LogP contribution in [0.5, 0.6) is 0 Å². The van der Waals surface area contributed by atoms with Crippen LogP contribution in [-0.2, 0) is 10.0 Å². The number of imidazole rings is 1. The number of rotatable bonds is 3. The van der Waals surface area contributed by atoms with E-state index in [1.165, 1.54) is 35.5 Å². The Labute approximate surface area is 147 Å². The van der Waals surface area contributed by atoms with Crippen molar-refractivity contribution in [2.45, 2.75) is 11.8 Å². The molecule has 0 saturated carbocycles. The summed E-state index contributed by atoms with van der Waals surface area (Å²) in [4.78, 5) is 19.4. The molecule has 26 heavy (non-hydrogen) atoms. The van der Waals surface area contributed by atoms with Crippen LogP contribution in [-0.4, -0.2) is 38.2 Å². The molecule has 0 spiro atoms. The minimum atomic E-state index is -3.84. The molecule has 1 aromatic carbocycles. The largest absolute Gasteiger partial charge is 0.464 e. The standard InChI is InChI=1S/C16H13N5O4S/c1-10-2-4-11(5-3-10)26(24,25)21-7-6-12-14-13(8-17-15(12)21)18-9-20(14)19-16(22)23/h2-9,19H,1H3,(H,22,23). The van der Waals surface area contributed by atoms with Crippen molar-refractivity contribution in [2.75, 3.05) is 5.43 Å². The molecule has 0 radical (unpaired) electrons. The third-order valence-electron chi connectivity index (χ3n) is 3.98. The van der Waals surface area contributed by atoms with Crippen LogP contribution in [0.3, 0.4) is 0 Å². The number of hydrogen-bond acceptors (Lipinski definition) is 5. The van der Waals surface area contributed by atoms with Crippen molar-refractivity contribution in [3.63, 3.8) is 0 Å². The lowest BCUT2D eigenvalue weighted by Gasteiger charge is -2.08. The quantitative estimate of drug-likeness (QED) is 0.569. The van der Waals surface area contributed by atoms with E-state index in [-0.39, 0.29) is 10.5 Å². The van der Waals surface area contributed by atoms with Gasteiger partial charge in [0, 0.05) is 11.6 Å². The van der Waals surface area contributed by atoms with Gasteiger partial charge in [0.15, 0.2) is 5.65 Å². The summed E-state index contributed by atoms with van der Waals surface area (Å²) in [6, 6.07) is 8.07. The van der Waals surface area contributed by atoms with E-state index in [1.54, 1.807) is 18.2 Å². The van der Waals surface area contributed by atoms with Gasteiger partial charge in [0.1, 0.15) is 17.4 Å². The number of fused-ring (bicyclic) bond motifs is 3. The van der Waals surface area contributed by atoms with E-state index in [9.17, 15) is 13.2 Å². The average molecular weight is 371 g/mol. The molecule has 4 rings (SSSR count). The van der Waals surface area contributed by atoms with Crippen molar-refractivity contribution < 1.29 is 18.3 Å². The molecule has 0 fully saturated rings. The zero-order valence-electron chi connectivity index (χ0n) is 13.5. The number of aryl methyl sites for hydroxylation is 1. The molecule has 0 unspecified atom stereocenters. The number of nitrogens with one attached hydrogen (secondary N) is 1. The Bertz CT molecular complexity index is 1260. The number of pyridine rings is 1. The molecular formula is C16H13N5O4S. The summed E-state index contributed by atoms with van der Waals surface area (Å²) >= 11 is 0. The summed E-state index contributed by atoms with van der Waals surface area (Å²) < 4.78 is 28.2. The average Bonchev–Trinajstić information content (AvgIpc) is 3.18. The first-order valence-corrected chi connectivity index (χ1v) is 8.97. The van der Waals surface area contributed by atoms with Crippen LogP contribution in [0.15, 0.2) is 53.9 Å². The Kier molecular flexibility index (Phi) is 3.44. The molecule has 1 amide bonds. The van der Waals surface area contributed by atoms with E-state index >= 15 is 0 Å². The Balaban J connectivity index is 1.95. The second-order valence-electron chi connectivity index (χ2n) is 5.69. The lowest BCUT2D eigenvalue weighted by atomic mass is 10.2. The van der Waals surface area contributed by atoms with Crippen LogP contribution in [0.4, 0.5) is 4.79 Å². The van der Waals surface area contributed by atoms with E-state index in [4.69, 9.17) is 5.11 Å². The number of hydrogen-bond donors (Lipinski definition) is 2. The van der Waals surface area contributed by atoms with Gasteiger partial charge in [-0.05, 0) is 25.1 Å². The van der Waals surface area contributed by atoms with Gasteiger partial charge in [-0.3, -0.25) is 0 Å². The SMILES string of the molecule is Cc1ccc(S(=O)(=O)n2ccc3c4c(cnc32)ncn4NC(=O)O)cc1. The Morgan fingerprint density at radius 2 is 1.88 bits per heavy atom. The van der Waals surface area contributed by atoms with Crippen molar-refractivity contribution in [1.29, 1.82) is 0 Å². The summed E-state index contributed by atoms with van der Waals surface area (Å²) in [5.41, 5.74) is 4.19. The van der Waals surface area contributed by atoms with Crippen LogP contribution in [0.1, 0.15) is 5.56 Å². The van der Waals surface area contributed by atoms with Gasteiger partial charge in [-0.2, -0.15) is 0 Å². The number of benzene rings is 1. The molecule has 0 saturated heterocycles. The first-order chi connectivity index (χ1) is 12.4. The van der Waals surface area contributed by atoms with Crippen LogP contribution in [0.25, 0.3) is 22.1 Å². The summed E-state index contributed by atoms with van der Waals surface area (Å²) in [5.74, 6) is 0. The molecule has 0 aliphatic carbocycles. The molecule has 4 aromatic rings. The summed E-state index contributed by atoms with van der Waals surface area (Å²) in [7, 11) is -3.84. The third-order valence-corrected chi connectivity index (χ3v) is 5.66. The monoisotopic (exact) mass is 371 g/mol. The highest BCUT2D eigenvalue weighted by Gasteiger charge is 2.21. The first-order valence-electron chi connectivity index (χ1n) is 7.53. The highest BCUT2D eigenvalue weighted by Crippen LogP contribution is 2.26. The number of nitrogens with zero attached hydrogens (tertiary/aromatic N) is 4. The van der Waals surface area contributed by atoms with E-state index in [2.05, 4.69) is 15.4 Å². The summed E-state index contributed by atoms with van der Waals surface area (Å²) in [6.07, 6.45) is 2.83. The number of carbonyl (C=O) groups is 1. The van der Waals surface area contributed by atoms with Crippen molar-refractivity contribution in [3.8, 4) is 0 Å². The van der Waals surface area contributed by atoms with Gasteiger partial charge in [0.2, 0.25) is 0 Å². The van der Waals surface area contributed by atoms with Gasteiger partial charge >= 0.3 is 6.09 Å². The molecular weight excluding hydrogens is 358 g/mol. The molecule has 3 aromatic heterocycles. The molecule has 0 aliphatic heterocycles. The molecule has 2 N–H and O–H groups in total. The Morgan fingerprint density at radius 3 is 2.58 bits per heavy atom. The van der Waals surface area contributed by atoms with Crippen LogP contribution in [0, 0.1) is 6.92 Å². The van der Waals surface area contributed by atoms with E-state index < -0.39 is 16.1 Å². The van der Waals surface area contributed by atoms with Gasteiger partial charge in [-0.1, -0.05) is 17.7 Å². The van der Waals surface area contributed by atoms with Crippen LogP contribution >= 0.6 is 0 Å². The maximum Gasteiger partial charge on any atom is 0.424 e. The highest BCUT2D eigenvalue weighted by molar-refractivity contribution is 7.90. The molecule has 10 heteroatoms. The lowest BCUT2D eigenvalue weighted by molar-refractivity contribution is 0.206. The van der Waals surface area contributed by atoms with Crippen molar-refractivity contribution >= 4 is 38.2 Å². The Hall–Kier alpha value is -3.40. The zero-order chi connectivity index (χ0) is 18.5. The van der Waals surface area contributed by atoms with Crippen LogP contribution < -0.4 is 5.43 Å². The predicted octanol–water partition coefficient (Wildman–Crippen LogP) is 2.15. The maximum absolute atomic E-state index is 12.9. The smallest absolute Gasteiger partial charge is 0.424 e. The molecule has 0 aliphatic rings. The first kappa shape index (κ1) is 16.1. The third kappa shape index (κ3) is 2.39. The lowest BCUT2D eigenvalue weighted by Crippen LogP contribution is -2.19. The predicted molar refractivity (Wildman–Crippen MR) is 94.2 cm³/mol. The maximum atomic E-state index is 12.9. The minimum Gasteiger partial charge on any atom is -0.464 e. The molecule has 0 atom stereocenters.